The van der Waals surface area contributed by atoms with Gasteiger partial charge in [0.2, 0.25) is 5.91 Å². The van der Waals surface area contributed by atoms with Gasteiger partial charge in [-0.25, -0.2) is 0 Å². The molecule has 1 saturated heterocycles. The van der Waals surface area contributed by atoms with E-state index in [0.717, 1.165) is 30.8 Å². The minimum absolute atomic E-state index is 0.163. The normalized spacial score (nSPS) is 18.7. The molecule has 2 amide bonds. The highest BCUT2D eigenvalue weighted by atomic mass is 16.2. The van der Waals surface area contributed by atoms with E-state index in [-0.39, 0.29) is 18.2 Å². The maximum absolute atomic E-state index is 11.8. The van der Waals surface area contributed by atoms with Crippen molar-refractivity contribution in [1.29, 1.82) is 0 Å². The summed E-state index contributed by atoms with van der Waals surface area (Å²) in [6.07, 6.45) is 3.02. The fourth-order valence-corrected chi connectivity index (χ4v) is 3.41. The van der Waals surface area contributed by atoms with Crippen molar-refractivity contribution in [2.75, 3.05) is 11.4 Å². The van der Waals surface area contributed by atoms with E-state index in [1.807, 2.05) is 24.3 Å². The van der Waals surface area contributed by atoms with Gasteiger partial charge in [0.25, 0.3) is 5.91 Å². The van der Waals surface area contributed by atoms with Crippen molar-refractivity contribution in [1.82, 2.24) is 5.32 Å². The molecule has 24 heavy (non-hydrogen) atoms. The number of fused-ring (bicyclic) bond motifs is 1. The third-order valence-electron chi connectivity index (χ3n) is 4.63. The number of nitrogens with zero attached hydrogens (tertiary/aromatic N) is 1. The van der Waals surface area contributed by atoms with Gasteiger partial charge in [0.05, 0.1) is 6.42 Å². The number of carbonyl (C=O) groups excluding carboxylic acids is 2. The van der Waals surface area contributed by atoms with E-state index >= 15 is 0 Å². The van der Waals surface area contributed by atoms with E-state index in [9.17, 15) is 9.59 Å². The van der Waals surface area contributed by atoms with Crippen molar-refractivity contribution in [3.8, 4) is 0 Å². The lowest BCUT2D eigenvalue weighted by molar-refractivity contribution is -0.124. The maximum Gasteiger partial charge on any atom is 0.254 e. The third kappa shape index (κ3) is 2.71. The van der Waals surface area contributed by atoms with Gasteiger partial charge < -0.3 is 4.90 Å². The minimum atomic E-state index is -0.279. The summed E-state index contributed by atoms with van der Waals surface area (Å²) in [7, 11) is 0. The maximum atomic E-state index is 11.8. The number of imide groups is 1. The fraction of sp³-hybridized carbons (Fsp3) is 0.200. The zero-order chi connectivity index (χ0) is 16.5. The van der Waals surface area contributed by atoms with Crippen LogP contribution in [0.25, 0.3) is 6.08 Å². The van der Waals surface area contributed by atoms with E-state index in [4.69, 9.17) is 0 Å². The van der Waals surface area contributed by atoms with Crippen LogP contribution in [0.5, 0.6) is 0 Å². The highest BCUT2D eigenvalue weighted by Crippen LogP contribution is 2.29. The molecule has 2 aromatic carbocycles. The van der Waals surface area contributed by atoms with Crippen LogP contribution in [0, 0.1) is 0 Å². The number of carbonyl (C=O) groups is 2. The summed E-state index contributed by atoms with van der Waals surface area (Å²) in [5.74, 6) is -0.505. The van der Waals surface area contributed by atoms with Gasteiger partial charge in [0.1, 0.15) is 0 Å². The molecule has 0 bridgehead atoms. The monoisotopic (exact) mass is 318 g/mol. The van der Waals surface area contributed by atoms with Crippen molar-refractivity contribution in [3.63, 3.8) is 0 Å². The van der Waals surface area contributed by atoms with E-state index in [1.54, 1.807) is 0 Å². The predicted octanol–water partition coefficient (Wildman–Crippen LogP) is 2.68. The van der Waals surface area contributed by atoms with Crippen LogP contribution in [0.1, 0.15) is 23.1 Å². The van der Waals surface area contributed by atoms with Gasteiger partial charge in [0, 0.05) is 24.4 Å². The molecule has 120 valence electrons. The van der Waals surface area contributed by atoms with Crippen LogP contribution in [0.2, 0.25) is 0 Å². The van der Waals surface area contributed by atoms with Crippen molar-refractivity contribution in [2.45, 2.75) is 19.4 Å². The number of nitrogens with one attached hydrogen (secondary N) is 1. The van der Waals surface area contributed by atoms with Crippen LogP contribution in [-0.4, -0.2) is 18.4 Å². The molecule has 0 spiro atoms. The van der Waals surface area contributed by atoms with E-state index in [2.05, 4.69) is 40.5 Å². The molecule has 0 saturated carbocycles. The van der Waals surface area contributed by atoms with Gasteiger partial charge in [-0.15, -0.1) is 0 Å². The molecular weight excluding hydrogens is 300 g/mol. The lowest BCUT2D eigenvalue weighted by Gasteiger charge is -2.32. The fourth-order valence-electron chi connectivity index (χ4n) is 3.41. The van der Waals surface area contributed by atoms with Gasteiger partial charge in [0.15, 0.2) is 0 Å². The molecular formula is C20H18N2O2. The second kappa shape index (κ2) is 5.96. The molecule has 0 unspecified atom stereocenters. The van der Waals surface area contributed by atoms with Crippen molar-refractivity contribution in [3.05, 3.63) is 70.8 Å². The van der Waals surface area contributed by atoms with Crippen molar-refractivity contribution in [2.24, 2.45) is 0 Å². The molecule has 4 rings (SSSR count). The first kappa shape index (κ1) is 14.7. The smallest absolute Gasteiger partial charge is 0.254 e. The van der Waals surface area contributed by atoms with Crippen LogP contribution in [0.15, 0.2) is 54.1 Å². The Morgan fingerprint density at radius 1 is 0.958 bits per heavy atom. The van der Waals surface area contributed by atoms with Crippen LogP contribution >= 0.6 is 0 Å². The minimum Gasteiger partial charge on any atom is -0.366 e. The Morgan fingerprint density at radius 2 is 1.71 bits per heavy atom. The van der Waals surface area contributed by atoms with Crippen LogP contribution in [0.3, 0.4) is 0 Å². The molecule has 4 nitrogen and oxygen atoms in total. The summed E-state index contributed by atoms with van der Waals surface area (Å²) < 4.78 is 0. The summed E-state index contributed by atoms with van der Waals surface area (Å²) in [6.45, 7) is 1.81. The SMILES string of the molecule is O=C1C/C(=C\c2ccccc2N2CCc3ccccc3C2)C(=O)N1. The lowest BCUT2D eigenvalue weighted by Crippen LogP contribution is -2.30. The quantitative estimate of drug-likeness (QED) is 0.684. The second-order valence-corrected chi connectivity index (χ2v) is 6.22. The third-order valence-corrected chi connectivity index (χ3v) is 4.63. The Morgan fingerprint density at radius 3 is 2.50 bits per heavy atom. The number of amides is 2. The summed E-state index contributed by atoms with van der Waals surface area (Å²) in [4.78, 5) is 25.6. The largest absolute Gasteiger partial charge is 0.366 e. The topological polar surface area (TPSA) is 49.4 Å². The molecule has 0 aromatic heterocycles. The Hall–Kier alpha value is -2.88. The van der Waals surface area contributed by atoms with Crippen molar-refractivity contribution < 1.29 is 9.59 Å². The van der Waals surface area contributed by atoms with Crippen LogP contribution in [0.4, 0.5) is 5.69 Å². The number of rotatable bonds is 2. The summed E-state index contributed by atoms with van der Waals surface area (Å²) >= 11 is 0. The number of hydrogen-bond acceptors (Lipinski definition) is 3. The number of benzene rings is 2. The van der Waals surface area contributed by atoms with Gasteiger partial charge in [-0.05, 0) is 35.3 Å². The molecule has 2 heterocycles. The first-order valence-corrected chi connectivity index (χ1v) is 8.16. The Bertz CT molecular complexity index is 854. The molecule has 1 N–H and O–H groups in total. The van der Waals surface area contributed by atoms with E-state index in [1.165, 1.54) is 11.1 Å². The molecule has 4 heteroatoms. The number of para-hydroxylation sites is 1. The number of hydrogen-bond donors (Lipinski definition) is 1. The number of anilines is 1. The van der Waals surface area contributed by atoms with E-state index < -0.39 is 0 Å². The zero-order valence-electron chi connectivity index (χ0n) is 13.3. The molecule has 0 radical (unpaired) electrons. The van der Waals surface area contributed by atoms with Crippen LogP contribution < -0.4 is 10.2 Å². The first-order chi connectivity index (χ1) is 11.7. The summed E-state index contributed by atoms with van der Waals surface area (Å²) in [5.41, 5.74) is 5.37. The predicted molar refractivity (Wildman–Crippen MR) is 93.4 cm³/mol. The Labute approximate surface area is 140 Å². The summed E-state index contributed by atoms with van der Waals surface area (Å²) in [5, 5.41) is 2.34. The average molecular weight is 318 g/mol. The standard InChI is InChI=1S/C20H18N2O2/c23-19-12-17(20(24)21-19)11-15-6-3-4-8-18(15)22-10-9-14-5-1-2-7-16(14)13-22/h1-8,11H,9-10,12-13H2,(H,21,23,24)/b17-11+. The molecule has 0 aliphatic carbocycles. The molecule has 0 atom stereocenters. The van der Waals surface area contributed by atoms with Crippen LogP contribution in [-0.2, 0) is 22.6 Å². The second-order valence-electron chi connectivity index (χ2n) is 6.22. The molecule has 1 fully saturated rings. The van der Waals surface area contributed by atoms with Gasteiger partial charge in [-0.3, -0.25) is 14.9 Å². The van der Waals surface area contributed by atoms with Gasteiger partial charge in [-0.2, -0.15) is 0 Å². The highest BCUT2D eigenvalue weighted by Gasteiger charge is 2.24. The lowest BCUT2D eigenvalue weighted by atomic mass is 9.98. The molecule has 2 aromatic rings. The zero-order valence-corrected chi connectivity index (χ0v) is 13.3. The molecule has 2 aliphatic heterocycles. The van der Waals surface area contributed by atoms with Crippen molar-refractivity contribution >= 4 is 23.6 Å². The average Bonchev–Trinajstić information content (AvgIpc) is 2.92. The Kier molecular flexibility index (Phi) is 3.65. The highest BCUT2D eigenvalue weighted by molar-refractivity contribution is 6.15. The van der Waals surface area contributed by atoms with Gasteiger partial charge >= 0.3 is 0 Å². The Balaban J connectivity index is 1.67. The first-order valence-electron chi connectivity index (χ1n) is 8.16. The summed E-state index contributed by atoms with van der Waals surface area (Å²) in [6, 6.07) is 16.6. The van der Waals surface area contributed by atoms with Gasteiger partial charge in [-0.1, -0.05) is 42.5 Å². The van der Waals surface area contributed by atoms with E-state index in [0.29, 0.717) is 5.57 Å². The molecule has 2 aliphatic rings.